The molecule has 2 aromatic carbocycles. The molecule has 2 aliphatic heterocycles. The molecule has 1 saturated heterocycles. The number of benzene rings is 2. The van der Waals surface area contributed by atoms with Gasteiger partial charge in [0.1, 0.15) is 18.5 Å². The Hall–Kier alpha value is -2.53. The largest absolute Gasteiger partial charge is 0.486 e. The first-order chi connectivity index (χ1) is 13.2. The first kappa shape index (κ1) is 17.9. The lowest BCUT2D eigenvalue weighted by atomic mass is 9.90. The molecule has 0 N–H and O–H groups in total. The molecule has 1 fully saturated rings. The Morgan fingerprint density at radius 1 is 1.19 bits per heavy atom. The summed E-state index contributed by atoms with van der Waals surface area (Å²) in [6.07, 6.45) is 2.34. The Balaban J connectivity index is 1.38. The van der Waals surface area contributed by atoms with Gasteiger partial charge in [0.2, 0.25) is 0 Å². The van der Waals surface area contributed by atoms with E-state index in [1.165, 1.54) is 12.5 Å². The summed E-state index contributed by atoms with van der Waals surface area (Å²) in [6, 6.07) is 15.7. The number of fused-ring (bicyclic) bond motifs is 1. The molecule has 0 aromatic heterocycles. The maximum absolute atomic E-state index is 11.2. The monoisotopic (exact) mass is 367 g/mol. The van der Waals surface area contributed by atoms with Crippen LogP contribution in [0.3, 0.4) is 0 Å². The van der Waals surface area contributed by atoms with Crippen LogP contribution >= 0.6 is 0 Å². The zero-order valence-corrected chi connectivity index (χ0v) is 15.6. The van der Waals surface area contributed by atoms with Gasteiger partial charge in [0.15, 0.2) is 11.5 Å². The summed E-state index contributed by atoms with van der Waals surface area (Å²) in [4.78, 5) is 13.7. The molecular weight excluding hydrogens is 342 g/mol. The second-order valence-corrected chi connectivity index (χ2v) is 7.26. The highest BCUT2D eigenvalue weighted by Gasteiger charge is 2.27. The fraction of sp³-hybridized carbons (Fsp3) is 0.409. The van der Waals surface area contributed by atoms with Gasteiger partial charge in [0, 0.05) is 20.0 Å². The Morgan fingerprint density at radius 3 is 2.89 bits per heavy atom. The lowest BCUT2D eigenvalue weighted by molar-refractivity contribution is -0.131. The van der Waals surface area contributed by atoms with Crippen LogP contribution < -0.4 is 14.2 Å². The van der Waals surface area contributed by atoms with Gasteiger partial charge in [0.05, 0.1) is 0 Å². The van der Waals surface area contributed by atoms with Crippen molar-refractivity contribution in [1.29, 1.82) is 0 Å². The number of piperidine rings is 1. The molecule has 0 spiro atoms. The lowest BCUT2D eigenvalue weighted by Gasteiger charge is -2.36. The van der Waals surface area contributed by atoms with Crippen molar-refractivity contribution in [3.8, 4) is 17.2 Å². The van der Waals surface area contributed by atoms with Crippen LogP contribution in [0.2, 0.25) is 0 Å². The summed E-state index contributed by atoms with van der Waals surface area (Å²) in [5.41, 5.74) is 1.23. The van der Waals surface area contributed by atoms with Gasteiger partial charge >= 0.3 is 5.97 Å². The minimum absolute atomic E-state index is 0.0473. The van der Waals surface area contributed by atoms with Crippen LogP contribution in [0.25, 0.3) is 0 Å². The van der Waals surface area contributed by atoms with E-state index in [0.29, 0.717) is 18.3 Å². The number of hydrogen-bond donors (Lipinski definition) is 0. The van der Waals surface area contributed by atoms with E-state index in [9.17, 15) is 4.79 Å². The molecule has 5 nitrogen and oxygen atoms in total. The Kier molecular flexibility index (Phi) is 5.30. The van der Waals surface area contributed by atoms with Crippen molar-refractivity contribution in [2.45, 2.75) is 31.8 Å². The Morgan fingerprint density at radius 2 is 2.04 bits per heavy atom. The summed E-state index contributed by atoms with van der Waals surface area (Å²) in [7, 11) is 0. The third-order valence-electron chi connectivity index (χ3n) is 5.13. The van der Waals surface area contributed by atoms with E-state index in [2.05, 4.69) is 11.0 Å². The molecule has 4 rings (SSSR count). The second kappa shape index (κ2) is 8.01. The highest BCUT2D eigenvalue weighted by atomic mass is 16.6. The zero-order chi connectivity index (χ0) is 18.6. The first-order valence-electron chi connectivity index (χ1n) is 9.56. The van der Waals surface area contributed by atoms with Crippen molar-refractivity contribution in [3.63, 3.8) is 0 Å². The number of para-hydroxylation sites is 2. The van der Waals surface area contributed by atoms with Gasteiger partial charge in [-0.2, -0.15) is 0 Å². The molecular formula is C22H25NO4. The van der Waals surface area contributed by atoms with E-state index < -0.39 is 0 Å². The van der Waals surface area contributed by atoms with Crippen LogP contribution in [0, 0.1) is 0 Å². The average molecular weight is 367 g/mol. The minimum atomic E-state index is -0.285. The van der Waals surface area contributed by atoms with Crippen molar-refractivity contribution in [3.05, 3.63) is 54.1 Å². The highest BCUT2D eigenvalue weighted by Crippen LogP contribution is 2.33. The summed E-state index contributed by atoms with van der Waals surface area (Å²) in [6.45, 7) is 4.92. The van der Waals surface area contributed by atoms with Crippen LogP contribution in [-0.2, 0) is 4.79 Å². The van der Waals surface area contributed by atoms with Gasteiger partial charge in [-0.25, -0.2) is 0 Å². The van der Waals surface area contributed by atoms with Crippen LogP contribution in [-0.4, -0.2) is 43.2 Å². The summed E-state index contributed by atoms with van der Waals surface area (Å²) >= 11 is 0. The van der Waals surface area contributed by atoms with Crippen LogP contribution in [0.4, 0.5) is 0 Å². The van der Waals surface area contributed by atoms with E-state index in [0.717, 1.165) is 44.0 Å². The second-order valence-electron chi connectivity index (χ2n) is 7.26. The van der Waals surface area contributed by atoms with Gasteiger partial charge in [-0.15, -0.1) is 0 Å². The standard InChI is InChI=1S/C22H25NO4/c1-16(24)26-19-8-4-6-17(12-19)18-7-5-11-23(13-18)14-20-15-25-21-9-2-3-10-22(21)27-20/h2-4,6,8-10,12,18,20H,5,7,11,13-15H2,1H3/t18-,20-/m1/s1. The summed E-state index contributed by atoms with van der Waals surface area (Å²) in [5, 5.41) is 0. The van der Waals surface area contributed by atoms with Gasteiger partial charge in [-0.3, -0.25) is 9.69 Å². The van der Waals surface area contributed by atoms with E-state index in [1.54, 1.807) is 0 Å². The first-order valence-corrected chi connectivity index (χ1v) is 9.56. The predicted molar refractivity (Wildman–Crippen MR) is 103 cm³/mol. The predicted octanol–water partition coefficient (Wildman–Crippen LogP) is 3.63. The molecule has 2 atom stereocenters. The molecule has 2 aliphatic rings. The lowest BCUT2D eigenvalue weighted by Crippen LogP contribution is -2.44. The summed E-state index contributed by atoms with van der Waals surface area (Å²) in [5.74, 6) is 2.43. The average Bonchev–Trinajstić information content (AvgIpc) is 2.68. The number of ether oxygens (including phenoxy) is 3. The van der Waals surface area contributed by atoms with E-state index in [1.807, 2.05) is 42.5 Å². The quantitative estimate of drug-likeness (QED) is 0.610. The molecule has 0 unspecified atom stereocenters. The van der Waals surface area contributed by atoms with Crippen molar-refractivity contribution < 1.29 is 19.0 Å². The number of rotatable bonds is 4. The fourth-order valence-corrected chi connectivity index (χ4v) is 3.93. The number of carbonyl (C=O) groups excluding carboxylic acids is 1. The van der Waals surface area contributed by atoms with Crippen molar-refractivity contribution >= 4 is 5.97 Å². The number of hydrogen-bond acceptors (Lipinski definition) is 5. The maximum atomic E-state index is 11.2. The van der Waals surface area contributed by atoms with E-state index in [-0.39, 0.29) is 12.1 Å². The topological polar surface area (TPSA) is 48.0 Å². The van der Waals surface area contributed by atoms with Gasteiger partial charge < -0.3 is 14.2 Å². The number of nitrogens with zero attached hydrogens (tertiary/aromatic N) is 1. The molecule has 5 heteroatoms. The number of carbonyl (C=O) groups is 1. The molecule has 0 radical (unpaired) electrons. The molecule has 0 aliphatic carbocycles. The third-order valence-corrected chi connectivity index (χ3v) is 5.13. The minimum Gasteiger partial charge on any atom is -0.486 e. The number of esters is 1. The third kappa shape index (κ3) is 4.42. The normalized spacial score (nSPS) is 22.3. The zero-order valence-electron chi connectivity index (χ0n) is 15.6. The maximum Gasteiger partial charge on any atom is 0.308 e. The Bertz CT molecular complexity index is 806. The molecule has 0 saturated carbocycles. The summed E-state index contributed by atoms with van der Waals surface area (Å²) < 4.78 is 17.2. The molecule has 142 valence electrons. The van der Waals surface area contributed by atoms with Gasteiger partial charge in [0.25, 0.3) is 0 Å². The van der Waals surface area contributed by atoms with E-state index in [4.69, 9.17) is 14.2 Å². The van der Waals surface area contributed by atoms with E-state index >= 15 is 0 Å². The van der Waals surface area contributed by atoms with Crippen LogP contribution in [0.15, 0.2) is 48.5 Å². The molecule has 0 bridgehead atoms. The molecule has 27 heavy (non-hydrogen) atoms. The van der Waals surface area contributed by atoms with Crippen LogP contribution in [0.1, 0.15) is 31.2 Å². The molecule has 2 heterocycles. The molecule has 2 aromatic rings. The van der Waals surface area contributed by atoms with Gasteiger partial charge in [-0.05, 0) is 55.1 Å². The van der Waals surface area contributed by atoms with Crippen molar-refractivity contribution in [2.24, 2.45) is 0 Å². The van der Waals surface area contributed by atoms with Gasteiger partial charge in [-0.1, -0.05) is 24.3 Å². The van der Waals surface area contributed by atoms with Crippen LogP contribution in [0.5, 0.6) is 17.2 Å². The van der Waals surface area contributed by atoms with Crippen molar-refractivity contribution in [2.75, 3.05) is 26.2 Å². The Labute approximate surface area is 159 Å². The smallest absolute Gasteiger partial charge is 0.308 e. The fourth-order valence-electron chi connectivity index (χ4n) is 3.93. The SMILES string of the molecule is CC(=O)Oc1cccc([C@@H]2CCCN(C[C@@H]3COc4ccccc4O3)C2)c1. The van der Waals surface area contributed by atoms with Crippen molar-refractivity contribution in [1.82, 2.24) is 4.90 Å². The molecule has 0 amide bonds. The number of likely N-dealkylation sites (tertiary alicyclic amines) is 1. The highest BCUT2D eigenvalue weighted by molar-refractivity contribution is 5.69.